The van der Waals surface area contributed by atoms with E-state index in [9.17, 15) is 9.59 Å². The summed E-state index contributed by atoms with van der Waals surface area (Å²) in [5.41, 5.74) is 2.88. The molecule has 7 nitrogen and oxygen atoms in total. The fraction of sp³-hybridized carbons (Fsp3) is 0.455. The second kappa shape index (κ2) is 7.91. The number of hydrogen-bond donors (Lipinski definition) is 0. The van der Waals surface area contributed by atoms with Crippen LogP contribution in [0.25, 0.3) is 0 Å². The molecule has 1 aromatic heterocycles. The second-order valence-corrected chi connectivity index (χ2v) is 8.35. The fourth-order valence-corrected chi connectivity index (χ4v) is 4.74. The fourth-order valence-electron chi connectivity index (χ4n) is 4.74. The van der Waals surface area contributed by atoms with Crippen molar-refractivity contribution >= 4 is 11.8 Å². The number of hydrogen-bond acceptors (Lipinski definition) is 5. The molecule has 0 spiro atoms. The van der Waals surface area contributed by atoms with E-state index in [-0.39, 0.29) is 29.7 Å². The summed E-state index contributed by atoms with van der Waals surface area (Å²) in [7, 11) is 3.83. The maximum Gasteiger partial charge on any atom is 0.257 e. The van der Waals surface area contributed by atoms with Gasteiger partial charge in [0.25, 0.3) is 5.91 Å². The van der Waals surface area contributed by atoms with E-state index in [1.165, 1.54) is 17.5 Å². The lowest BCUT2D eigenvalue weighted by Crippen LogP contribution is -2.41. The molecule has 7 heteroatoms. The second-order valence-electron chi connectivity index (χ2n) is 8.35. The zero-order valence-electron chi connectivity index (χ0n) is 17.2. The Morgan fingerprint density at radius 1 is 1.10 bits per heavy atom. The summed E-state index contributed by atoms with van der Waals surface area (Å²) in [6.07, 6.45) is 4.56. The van der Waals surface area contributed by atoms with Crippen molar-refractivity contribution in [1.29, 1.82) is 0 Å². The molecule has 0 aliphatic carbocycles. The van der Waals surface area contributed by atoms with Crippen LogP contribution in [-0.4, -0.2) is 76.8 Å². The molecule has 2 amide bonds. The van der Waals surface area contributed by atoms with Crippen LogP contribution in [0, 0.1) is 18.8 Å². The van der Waals surface area contributed by atoms with E-state index in [0.29, 0.717) is 31.7 Å². The molecule has 0 saturated carbocycles. The Morgan fingerprint density at radius 3 is 2.52 bits per heavy atom. The number of carbonyl (C=O) groups excluding carboxylic acids is 2. The van der Waals surface area contributed by atoms with Gasteiger partial charge in [0.2, 0.25) is 5.91 Å². The maximum absolute atomic E-state index is 13.0. The molecule has 2 fully saturated rings. The number of amides is 2. The molecular weight excluding hydrogens is 366 g/mol. The van der Waals surface area contributed by atoms with Crippen molar-refractivity contribution in [3.63, 3.8) is 0 Å². The normalized spacial score (nSPS) is 23.5. The highest BCUT2D eigenvalue weighted by molar-refractivity contribution is 5.93. The average Bonchev–Trinajstić information content (AvgIpc) is 3.26. The lowest BCUT2D eigenvalue weighted by atomic mass is 9.87. The first-order valence-electron chi connectivity index (χ1n) is 9.99. The third kappa shape index (κ3) is 3.74. The van der Waals surface area contributed by atoms with Gasteiger partial charge in [0.1, 0.15) is 6.33 Å². The van der Waals surface area contributed by atoms with Crippen molar-refractivity contribution in [2.45, 2.75) is 13.0 Å². The van der Waals surface area contributed by atoms with Crippen molar-refractivity contribution in [2.75, 3.05) is 40.3 Å². The van der Waals surface area contributed by atoms with Gasteiger partial charge in [-0.15, -0.1) is 0 Å². The van der Waals surface area contributed by atoms with E-state index in [4.69, 9.17) is 0 Å². The number of likely N-dealkylation sites (N-methyl/N-ethyl adjacent to an activating group) is 1. The van der Waals surface area contributed by atoms with Gasteiger partial charge in [0.05, 0.1) is 18.2 Å². The van der Waals surface area contributed by atoms with Crippen LogP contribution in [-0.2, 0) is 4.79 Å². The summed E-state index contributed by atoms with van der Waals surface area (Å²) < 4.78 is 0. The molecule has 152 valence electrons. The summed E-state index contributed by atoms with van der Waals surface area (Å²) in [6.45, 7) is 4.48. The zero-order valence-corrected chi connectivity index (χ0v) is 17.2. The molecule has 0 unspecified atom stereocenters. The van der Waals surface area contributed by atoms with Gasteiger partial charge in [-0.2, -0.15) is 0 Å². The van der Waals surface area contributed by atoms with E-state index in [2.05, 4.69) is 29.0 Å². The Labute approximate surface area is 171 Å². The molecule has 0 bridgehead atoms. The van der Waals surface area contributed by atoms with Gasteiger partial charge in [0, 0.05) is 43.9 Å². The van der Waals surface area contributed by atoms with Crippen molar-refractivity contribution in [1.82, 2.24) is 24.7 Å². The minimum atomic E-state index is -0.0327. The molecule has 4 rings (SSSR count). The highest BCUT2D eigenvalue weighted by Gasteiger charge is 2.50. The number of aromatic nitrogens is 2. The molecular formula is C22H27N5O2. The zero-order chi connectivity index (χ0) is 20.5. The highest BCUT2D eigenvalue weighted by Crippen LogP contribution is 2.46. The first-order chi connectivity index (χ1) is 14.0. The molecule has 1 aromatic carbocycles. The molecule has 0 radical (unpaired) electrons. The Balaban J connectivity index is 1.61. The van der Waals surface area contributed by atoms with Crippen LogP contribution >= 0.6 is 0 Å². The predicted octanol–water partition coefficient (Wildman–Crippen LogP) is 1.62. The smallest absolute Gasteiger partial charge is 0.257 e. The van der Waals surface area contributed by atoms with Crippen molar-refractivity contribution in [3.05, 3.63) is 59.7 Å². The molecule has 2 aromatic rings. The molecule has 3 atom stereocenters. The van der Waals surface area contributed by atoms with E-state index >= 15 is 0 Å². The average molecular weight is 393 g/mol. The largest absolute Gasteiger partial charge is 0.338 e. The Kier molecular flexibility index (Phi) is 5.32. The van der Waals surface area contributed by atoms with Crippen molar-refractivity contribution < 1.29 is 9.59 Å². The quantitative estimate of drug-likeness (QED) is 0.790. The first-order valence-corrected chi connectivity index (χ1v) is 9.99. The molecule has 0 N–H and O–H groups in total. The van der Waals surface area contributed by atoms with E-state index < -0.39 is 0 Å². The first kappa shape index (κ1) is 19.5. The third-order valence-electron chi connectivity index (χ3n) is 6.04. The van der Waals surface area contributed by atoms with Gasteiger partial charge in [-0.25, -0.2) is 9.97 Å². The van der Waals surface area contributed by atoms with Crippen LogP contribution in [0.4, 0.5) is 0 Å². The van der Waals surface area contributed by atoms with Gasteiger partial charge in [-0.05, 0) is 32.1 Å². The summed E-state index contributed by atoms with van der Waals surface area (Å²) in [5, 5.41) is 0. The van der Waals surface area contributed by atoms with Crippen LogP contribution in [0.1, 0.15) is 27.5 Å². The van der Waals surface area contributed by atoms with Gasteiger partial charge in [0.15, 0.2) is 0 Å². The van der Waals surface area contributed by atoms with Crippen LogP contribution in [0.2, 0.25) is 0 Å². The molecule has 29 heavy (non-hydrogen) atoms. The molecule has 2 saturated heterocycles. The summed E-state index contributed by atoms with van der Waals surface area (Å²) in [6, 6.07) is 8.27. The van der Waals surface area contributed by atoms with Crippen LogP contribution < -0.4 is 0 Å². The lowest BCUT2D eigenvalue weighted by molar-refractivity contribution is -0.133. The third-order valence-corrected chi connectivity index (χ3v) is 6.04. The topological polar surface area (TPSA) is 69.6 Å². The lowest BCUT2D eigenvalue weighted by Gasteiger charge is -2.31. The van der Waals surface area contributed by atoms with Gasteiger partial charge >= 0.3 is 0 Å². The highest BCUT2D eigenvalue weighted by atomic mass is 16.2. The van der Waals surface area contributed by atoms with E-state index in [1.54, 1.807) is 12.4 Å². The van der Waals surface area contributed by atoms with Crippen molar-refractivity contribution in [3.8, 4) is 0 Å². The Morgan fingerprint density at radius 2 is 1.83 bits per heavy atom. The number of likely N-dealkylation sites (tertiary alicyclic amines) is 2. The number of carbonyl (C=O) groups is 2. The Bertz CT molecular complexity index is 901. The number of aryl methyl sites for hydroxylation is 1. The predicted molar refractivity (Wildman–Crippen MR) is 109 cm³/mol. The summed E-state index contributed by atoms with van der Waals surface area (Å²) in [5.74, 6) is 0.622. The maximum atomic E-state index is 13.0. The van der Waals surface area contributed by atoms with Gasteiger partial charge in [-0.1, -0.05) is 24.3 Å². The van der Waals surface area contributed by atoms with E-state index in [1.807, 2.05) is 40.9 Å². The summed E-state index contributed by atoms with van der Waals surface area (Å²) in [4.78, 5) is 39.7. The number of fused-ring (bicyclic) bond motifs is 1. The minimum Gasteiger partial charge on any atom is -0.338 e. The Hall–Kier alpha value is -2.80. The molecule has 3 heterocycles. The van der Waals surface area contributed by atoms with Crippen LogP contribution in [0.3, 0.4) is 0 Å². The number of rotatable bonds is 4. The van der Waals surface area contributed by atoms with Gasteiger partial charge < -0.3 is 14.7 Å². The molecule has 2 aliphatic heterocycles. The SMILES string of the molecule is Cc1ccccc1[C@H]1[C@@H]2CN(C(=O)c3cncnc3)C[C@@H]2CN1C(=O)CN(C)C. The molecule has 2 aliphatic rings. The van der Waals surface area contributed by atoms with Crippen LogP contribution in [0.15, 0.2) is 43.0 Å². The standard InChI is InChI=1S/C22H27N5O2/c1-15-6-4-5-7-18(15)21-19-12-26(22(29)16-8-23-14-24-9-16)10-17(19)11-27(21)20(28)13-25(2)3/h4-9,14,17,19,21H,10-13H2,1-3H3/t17-,19-,21+/m1/s1. The van der Waals surface area contributed by atoms with Crippen LogP contribution in [0.5, 0.6) is 0 Å². The van der Waals surface area contributed by atoms with Crippen molar-refractivity contribution in [2.24, 2.45) is 11.8 Å². The number of nitrogens with zero attached hydrogens (tertiary/aromatic N) is 5. The monoisotopic (exact) mass is 393 g/mol. The summed E-state index contributed by atoms with van der Waals surface area (Å²) >= 11 is 0. The minimum absolute atomic E-state index is 0.00141. The number of benzene rings is 1. The van der Waals surface area contributed by atoms with Gasteiger partial charge in [-0.3, -0.25) is 9.59 Å². The van der Waals surface area contributed by atoms with E-state index in [0.717, 1.165) is 0 Å².